The van der Waals surface area contributed by atoms with Gasteiger partial charge in [0.15, 0.2) is 6.10 Å². The van der Waals surface area contributed by atoms with E-state index in [-0.39, 0.29) is 5.97 Å². The van der Waals surface area contributed by atoms with E-state index in [1.807, 2.05) is 19.1 Å². The predicted octanol–water partition coefficient (Wildman–Crippen LogP) is 2.38. The lowest BCUT2D eigenvalue weighted by Gasteiger charge is -2.17. The van der Waals surface area contributed by atoms with Gasteiger partial charge in [-0.2, -0.15) is 0 Å². The first-order chi connectivity index (χ1) is 8.19. The number of esters is 1. The minimum absolute atomic E-state index is 0.336. The number of rotatable bonds is 6. The van der Waals surface area contributed by atoms with Gasteiger partial charge in [0.1, 0.15) is 5.75 Å². The number of ether oxygens (including phenoxy) is 2. The van der Waals surface area contributed by atoms with Crippen molar-refractivity contribution >= 4 is 11.7 Å². The molecule has 0 spiro atoms. The number of nitrogen functional groups attached to an aromatic ring is 1. The lowest BCUT2D eigenvalue weighted by atomic mass is 10.2. The van der Waals surface area contributed by atoms with E-state index in [1.165, 1.54) is 0 Å². The molecular formula is C13H19NO3. The van der Waals surface area contributed by atoms with Gasteiger partial charge in [0.05, 0.1) is 12.3 Å². The van der Waals surface area contributed by atoms with Crippen LogP contribution in [0.25, 0.3) is 0 Å². The summed E-state index contributed by atoms with van der Waals surface area (Å²) in [6.07, 6.45) is 0.883. The van der Waals surface area contributed by atoms with Crippen LogP contribution in [0.2, 0.25) is 0 Å². The summed E-state index contributed by atoms with van der Waals surface area (Å²) in [7, 11) is 0. The first kappa shape index (κ1) is 13.4. The molecular weight excluding hydrogens is 218 g/mol. The van der Waals surface area contributed by atoms with Gasteiger partial charge in [0.25, 0.3) is 0 Å². The van der Waals surface area contributed by atoms with Crippen LogP contribution in [0, 0.1) is 0 Å². The summed E-state index contributed by atoms with van der Waals surface area (Å²) in [5, 5.41) is 0. The number of carbonyl (C=O) groups excluding carboxylic acids is 1. The molecule has 0 radical (unpaired) electrons. The maximum absolute atomic E-state index is 11.7. The fraction of sp³-hybridized carbons (Fsp3) is 0.462. The van der Waals surface area contributed by atoms with Gasteiger partial charge in [-0.05, 0) is 25.5 Å². The maximum Gasteiger partial charge on any atom is 0.347 e. The second-order valence-corrected chi connectivity index (χ2v) is 3.69. The van der Waals surface area contributed by atoms with Gasteiger partial charge >= 0.3 is 5.97 Å². The van der Waals surface area contributed by atoms with Crippen molar-refractivity contribution in [2.24, 2.45) is 0 Å². The minimum Gasteiger partial charge on any atom is -0.477 e. The predicted molar refractivity (Wildman–Crippen MR) is 66.8 cm³/mol. The largest absolute Gasteiger partial charge is 0.477 e. The monoisotopic (exact) mass is 237 g/mol. The SMILES string of the molecule is CCCC(Oc1ccccc1N)C(=O)OCC. The Morgan fingerprint density at radius 1 is 1.35 bits per heavy atom. The molecule has 2 N–H and O–H groups in total. The van der Waals surface area contributed by atoms with Gasteiger partial charge in [0.2, 0.25) is 0 Å². The van der Waals surface area contributed by atoms with Crippen LogP contribution in [0.5, 0.6) is 5.75 Å². The highest BCUT2D eigenvalue weighted by atomic mass is 16.6. The van der Waals surface area contributed by atoms with Crippen molar-refractivity contribution < 1.29 is 14.3 Å². The van der Waals surface area contributed by atoms with Crippen LogP contribution in [0.15, 0.2) is 24.3 Å². The van der Waals surface area contributed by atoms with Crippen molar-refractivity contribution in [2.45, 2.75) is 32.8 Å². The Kier molecular flexibility index (Phi) is 5.33. The molecule has 0 saturated heterocycles. The molecule has 0 heterocycles. The van der Waals surface area contributed by atoms with Gasteiger partial charge in [0, 0.05) is 0 Å². The van der Waals surface area contributed by atoms with Crippen molar-refractivity contribution in [3.63, 3.8) is 0 Å². The molecule has 0 saturated carbocycles. The molecule has 0 aliphatic rings. The normalized spacial score (nSPS) is 11.9. The van der Waals surface area contributed by atoms with E-state index in [0.717, 1.165) is 6.42 Å². The Bertz CT molecular complexity index is 365. The third-order valence-corrected chi connectivity index (χ3v) is 2.29. The van der Waals surface area contributed by atoms with E-state index in [2.05, 4.69) is 0 Å². The molecule has 0 bridgehead atoms. The van der Waals surface area contributed by atoms with Gasteiger partial charge in [-0.1, -0.05) is 25.5 Å². The van der Waals surface area contributed by atoms with Crippen LogP contribution < -0.4 is 10.5 Å². The Labute approximate surface area is 102 Å². The van der Waals surface area contributed by atoms with Crippen molar-refractivity contribution in [1.82, 2.24) is 0 Å². The van der Waals surface area contributed by atoms with Crippen LogP contribution in [0.4, 0.5) is 5.69 Å². The summed E-state index contributed by atoms with van der Waals surface area (Å²) in [6.45, 7) is 4.12. The Morgan fingerprint density at radius 3 is 2.65 bits per heavy atom. The standard InChI is InChI=1S/C13H19NO3/c1-3-7-12(13(15)16-4-2)17-11-9-6-5-8-10(11)14/h5-6,8-9,12H,3-4,7,14H2,1-2H3. The van der Waals surface area contributed by atoms with Gasteiger partial charge < -0.3 is 15.2 Å². The Morgan fingerprint density at radius 2 is 2.06 bits per heavy atom. The number of benzene rings is 1. The van der Waals surface area contributed by atoms with E-state index in [9.17, 15) is 4.79 Å². The van der Waals surface area contributed by atoms with Gasteiger partial charge in [-0.3, -0.25) is 0 Å². The summed E-state index contributed by atoms with van der Waals surface area (Å²) in [5.74, 6) is 0.191. The van der Waals surface area contributed by atoms with Crippen LogP contribution >= 0.6 is 0 Å². The Hall–Kier alpha value is -1.71. The number of para-hydroxylation sites is 2. The molecule has 4 heteroatoms. The highest BCUT2D eigenvalue weighted by Crippen LogP contribution is 2.22. The van der Waals surface area contributed by atoms with Crippen molar-refractivity contribution in [3.05, 3.63) is 24.3 Å². The summed E-state index contributed by atoms with van der Waals surface area (Å²) in [5.41, 5.74) is 6.29. The molecule has 0 aromatic heterocycles. The molecule has 0 amide bonds. The fourth-order valence-corrected chi connectivity index (χ4v) is 1.46. The smallest absolute Gasteiger partial charge is 0.347 e. The number of hydrogen-bond acceptors (Lipinski definition) is 4. The van der Waals surface area contributed by atoms with E-state index < -0.39 is 6.10 Å². The lowest BCUT2D eigenvalue weighted by molar-refractivity contribution is -0.151. The molecule has 94 valence electrons. The van der Waals surface area contributed by atoms with E-state index in [1.54, 1.807) is 19.1 Å². The molecule has 1 unspecified atom stereocenters. The van der Waals surface area contributed by atoms with Crippen LogP contribution in [0.1, 0.15) is 26.7 Å². The first-order valence-corrected chi connectivity index (χ1v) is 5.86. The molecule has 1 aromatic carbocycles. The molecule has 1 atom stereocenters. The molecule has 0 aliphatic heterocycles. The average molecular weight is 237 g/mol. The lowest BCUT2D eigenvalue weighted by Crippen LogP contribution is -2.29. The van der Waals surface area contributed by atoms with Gasteiger partial charge in [-0.15, -0.1) is 0 Å². The molecule has 17 heavy (non-hydrogen) atoms. The third kappa shape index (κ3) is 3.98. The highest BCUT2D eigenvalue weighted by molar-refractivity contribution is 5.75. The minimum atomic E-state index is -0.579. The number of nitrogens with two attached hydrogens (primary N) is 1. The fourth-order valence-electron chi connectivity index (χ4n) is 1.46. The first-order valence-electron chi connectivity index (χ1n) is 5.86. The summed E-state index contributed by atoms with van der Waals surface area (Å²) >= 11 is 0. The van der Waals surface area contributed by atoms with Crippen LogP contribution in [-0.2, 0) is 9.53 Å². The molecule has 1 rings (SSSR count). The summed E-state index contributed by atoms with van der Waals surface area (Å²) in [6, 6.07) is 7.13. The second-order valence-electron chi connectivity index (χ2n) is 3.69. The van der Waals surface area contributed by atoms with Crippen LogP contribution in [0.3, 0.4) is 0 Å². The zero-order chi connectivity index (χ0) is 12.7. The maximum atomic E-state index is 11.7. The number of carbonyl (C=O) groups is 1. The highest BCUT2D eigenvalue weighted by Gasteiger charge is 2.21. The molecule has 4 nitrogen and oxygen atoms in total. The number of hydrogen-bond donors (Lipinski definition) is 1. The zero-order valence-electron chi connectivity index (χ0n) is 10.3. The average Bonchev–Trinajstić information content (AvgIpc) is 2.31. The second kappa shape index (κ2) is 6.78. The van der Waals surface area contributed by atoms with E-state index in [0.29, 0.717) is 24.5 Å². The third-order valence-electron chi connectivity index (χ3n) is 2.29. The quantitative estimate of drug-likeness (QED) is 0.609. The van der Waals surface area contributed by atoms with Crippen molar-refractivity contribution in [2.75, 3.05) is 12.3 Å². The summed E-state index contributed by atoms with van der Waals surface area (Å²) < 4.78 is 10.6. The topological polar surface area (TPSA) is 61.5 Å². The van der Waals surface area contributed by atoms with Crippen LogP contribution in [-0.4, -0.2) is 18.7 Å². The van der Waals surface area contributed by atoms with E-state index >= 15 is 0 Å². The van der Waals surface area contributed by atoms with Gasteiger partial charge in [-0.25, -0.2) is 4.79 Å². The van der Waals surface area contributed by atoms with Crippen molar-refractivity contribution in [1.29, 1.82) is 0 Å². The zero-order valence-corrected chi connectivity index (χ0v) is 10.3. The number of anilines is 1. The van der Waals surface area contributed by atoms with Crippen molar-refractivity contribution in [3.8, 4) is 5.75 Å². The molecule has 1 aromatic rings. The summed E-state index contributed by atoms with van der Waals surface area (Å²) in [4.78, 5) is 11.7. The Balaban J connectivity index is 2.73. The van der Waals surface area contributed by atoms with E-state index in [4.69, 9.17) is 15.2 Å². The molecule has 0 aliphatic carbocycles. The molecule has 0 fully saturated rings.